The van der Waals surface area contributed by atoms with Gasteiger partial charge in [-0.2, -0.15) is 0 Å². The van der Waals surface area contributed by atoms with Crippen LogP contribution in [0.1, 0.15) is 6.42 Å². The van der Waals surface area contributed by atoms with Crippen molar-refractivity contribution in [3.05, 3.63) is 0 Å². The van der Waals surface area contributed by atoms with E-state index in [0.717, 1.165) is 0 Å². The average Bonchev–Trinajstić information content (AvgIpc) is 2.97. The Labute approximate surface area is 112 Å². The number of aliphatic hydroxyl groups is 1. The summed E-state index contributed by atoms with van der Waals surface area (Å²) in [5.74, 6) is -5.53. The number of fused-ring (bicyclic) bond motifs is 1. The van der Waals surface area contributed by atoms with E-state index in [-0.39, 0.29) is 13.0 Å². The molecule has 1 amide bonds. The molecule has 106 valence electrons. The Bertz CT molecular complexity index is 444. The molecule has 0 bridgehead atoms. The van der Waals surface area contributed by atoms with Crippen molar-refractivity contribution < 1.29 is 29.7 Å². The van der Waals surface area contributed by atoms with Gasteiger partial charge in [-0.1, -0.05) is 0 Å². The van der Waals surface area contributed by atoms with E-state index in [1.165, 1.54) is 0 Å². The number of hydrogen-bond acceptors (Lipinski definition) is 5. The third kappa shape index (κ3) is 2.05. The van der Waals surface area contributed by atoms with Gasteiger partial charge < -0.3 is 20.6 Å². The lowest BCUT2D eigenvalue weighted by Crippen LogP contribution is -2.57. The molecule has 2 aliphatic carbocycles. The van der Waals surface area contributed by atoms with E-state index < -0.39 is 47.2 Å². The van der Waals surface area contributed by atoms with E-state index in [1.807, 2.05) is 0 Å². The van der Waals surface area contributed by atoms with E-state index in [2.05, 4.69) is 10.2 Å². The van der Waals surface area contributed by atoms with Gasteiger partial charge in [-0.05, 0) is 11.8 Å². The van der Waals surface area contributed by atoms with Crippen LogP contribution in [0.15, 0.2) is 0 Å². The minimum atomic E-state index is -1.74. The molecule has 2 rings (SSSR count). The third-order valence-electron chi connectivity index (χ3n) is 3.88. The van der Waals surface area contributed by atoms with E-state index in [0.29, 0.717) is 0 Å². The minimum absolute atomic E-state index is 0.199. The van der Waals surface area contributed by atoms with Crippen LogP contribution in [0.2, 0.25) is 0 Å². The first kappa shape index (κ1) is 14.0. The molecule has 2 saturated carbocycles. The maximum absolute atomic E-state index is 11.5. The van der Waals surface area contributed by atoms with Crippen LogP contribution >= 0.6 is 11.8 Å². The van der Waals surface area contributed by atoms with Gasteiger partial charge in [0.05, 0.1) is 18.6 Å². The molecule has 8 nitrogen and oxygen atoms in total. The molecular formula is C10H13ClN2O6. The van der Waals surface area contributed by atoms with Crippen LogP contribution in [0.4, 0.5) is 0 Å². The Balaban J connectivity index is 2.24. The molecule has 0 spiro atoms. The second-order valence-corrected chi connectivity index (χ2v) is 5.14. The van der Waals surface area contributed by atoms with Crippen molar-refractivity contribution in [1.29, 1.82) is 0 Å². The highest BCUT2D eigenvalue weighted by atomic mass is 35.5. The zero-order valence-corrected chi connectivity index (χ0v) is 10.4. The third-order valence-corrected chi connectivity index (χ3v) is 4.01. The van der Waals surface area contributed by atoms with Crippen molar-refractivity contribution in [1.82, 2.24) is 10.2 Å². The maximum atomic E-state index is 11.5. The number of amides is 1. The van der Waals surface area contributed by atoms with Crippen molar-refractivity contribution >= 4 is 29.6 Å². The van der Waals surface area contributed by atoms with Crippen LogP contribution in [0.25, 0.3) is 0 Å². The van der Waals surface area contributed by atoms with Crippen molar-refractivity contribution in [3.8, 4) is 0 Å². The van der Waals surface area contributed by atoms with Crippen LogP contribution < -0.4 is 10.2 Å². The number of carbonyl (C=O) groups excluding carboxylic acids is 1. The standard InChI is InChI=1S/C10H13ClN2O6/c11-12-2-4(15)13-10(9(18)19)1-3(14)5-6(7(5)10)8(16)17/h3,5-7,12,14H,1-2H2,(H,13,15)(H,16,17)(H,18,19)/t3-,5-,6-,7-,10-/m0/s1. The van der Waals surface area contributed by atoms with Crippen LogP contribution in [-0.2, 0) is 14.4 Å². The van der Waals surface area contributed by atoms with Crippen LogP contribution in [0.3, 0.4) is 0 Å². The molecular weight excluding hydrogens is 280 g/mol. The van der Waals surface area contributed by atoms with Gasteiger partial charge in [0.25, 0.3) is 0 Å². The highest BCUT2D eigenvalue weighted by Crippen LogP contribution is 2.62. The zero-order chi connectivity index (χ0) is 14.4. The molecule has 2 aliphatic rings. The number of nitrogens with one attached hydrogen (secondary N) is 2. The lowest BCUT2D eigenvalue weighted by atomic mass is 9.89. The van der Waals surface area contributed by atoms with E-state index in [1.54, 1.807) is 0 Å². The lowest BCUT2D eigenvalue weighted by Gasteiger charge is -2.29. The Kier molecular flexibility index (Phi) is 3.41. The van der Waals surface area contributed by atoms with Crippen LogP contribution in [0, 0.1) is 17.8 Å². The normalized spacial score (nSPS) is 39.5. The molecule has 19 heavy (non-hydrogen) atoms. The molecule has 0 unspecified atom stereocenters. The van der Waals surface area contributed by atoms with Crippen molar-refractivity contribution in [2.75, 3.05) is 6.54 Å². The van der Waals surface area contributed by atoms with E-state index in [4.69, 9.17) is 16.9 Å². The molecule has 0 aliphatic heterocycles. The topological polar surface area (TPSA) is 136 Å². The summed E-state index contributed by atoms with van der Waals surface area (Å²) in [6, 6.07) is 0. The summed E-state index contributed by atoms with van der Waals surface area (Å²) in [6.45, 7) is -0.304. The summed E-state index contributed by atoms with van der Waals surface area (Å²) in [6.07, 6.45) is -1.25. The highest BCUT2D eigenvalue weighted by molar-refractivity contribution is 6.14. The minimum Gasteiger partial charge on any atom is -0.481 e. The van der Waals surface area contributed by atoms with Gasteiger partial charge in [0.2, 0.25) is 5.91 Å². The Morgan fingerprint density at radius 3 is 2.37 bits per heavy atom. The zero-order valence-electron chi connectivity index (χ0n) is 9.67. The molecule has 0 radical (unpaired) electrons. The molecule has 0 saturated heterocycles. The SMILES string of the molecule is O=C(CNCl)N[C@@]1(C(=O)O)C[C@H](O)[C@H]2[C@H](C(=O)O)[C@H]21. The molecule has 2 fully saturated rings. The molecule has 5 N–H and O–H groups in total. The fraction of sp³-hybridized carbons (Fsp3) is 0.700. The van der Waals surface area contributed by atoms with Gasteiger partial charge in [-0.3, -0.25) is 9.59 Å². The molecule has 5 atom stereocenters. The van der Waals surface area contributed by atoms with Gasteiger partial charge in [0.15, 0.2) is 0 Å². The summed E-state index contributed by atoms with van der Waals surface area (Å²) in [4.78, 5) is 36.0. The van der Waals surface area contributed by atoms with Gasteiger partial charge in [-0.15, -0.1) is 0 Å². The maximum Gasteiger partial charge on any atom is 0.329 e. The number of rotatable bonds is 5. The number of hydrogen-bond donors (Lipinski definition) is 5. The molecule has 0 aromatic carbocycles. The fourth-order valence-corrected chi connectivity index (χ4v) is 3.26. The number of aliphatic carboxylic acids is 2. The van der Waals surface area contributed by atoms with Gasteiger partial charge in [0, 0.05) is 18.3 Å². The van der Waals surface area contributed by atoms with Crippen molar-refractivity contribution in [3.63, 3.8) is 0 Å². The Hall–Kier alpha value is -1.38. The average molecular weight is 293 g/mol. The predicted octanol–water partition coefficient (Wildman–Crippen LogP) is -1.62. The fourth-order valence-electron chi connectivity index (χ4n) is 3.14. The molecule has 0 aromatic heterocycles. The summed E-state index contributed by atoms with van der Waals surface area (Å²) in [5, 5.41) is 30.4. The first-order valence-electron chi connectivity index (χ1n) is 5.64. The number of aliphatic hydroxyl groups excluding tert-OH is 1. The van der Waals surface area contributed by atoms with Gasteiger partial charge in [0.1, 0.15) is 5.54 Å². The monoisotopic (exact) mass is 292 g/mol. The summed E-state index contributed by atoms with van der Waals surface area (Å²) in [5.41, 5.74) is -1.74. The van der Waals surface area contributed by atoms with Crippen molar-refractivity contribution in [2.45, 2.75) is 18.1 Å². The smallest absolute Gasteiger partial charge is 0.329 e. The number of carboxylic acid groups (broad SMARTS) is 2. The second kappa shape index (κ2) is 4.62. The Morgan fingerprint density at radius 2 is 1.95 bits per heavy atom. The predicted molar refractivity (Wildman–Crippen MR) is 61.1 cm³/mol. The van der Waals surface area contributed by atoms with E-state index in [9.17, 15) is 24.6 Å². The lowest BCUT2D eigenvalue weighted by molar-refractivity contribution is -0.150. The molecule has 0 aromatic rings. The molecule has 9 heteroatoms. The van der Waals surface area contributed by atoms with E-state index >= 15 is 0 Å². The largest absolute Gasteiger partial charge is 0.481 e. The first-order valence-corrected chi connectivity index (χ1v) is 6.01. The molecule has 0 heterocycles. The van der Waals surface area contributed by atoms with Gasteiger partial charge in [-0.25, -0.2) is 9.63 Å². The quantitative estimate of drug-likeness (QED) is 0.384. The summed E-state index contributed by atoms with van der Waals surface area (Å²) in [7, 11) is 0. The van der Waals surface area contributed by atoms with Crippen LogP contribution in [0.5, 0.6) is 0 Å². The van der Waals surface area contributed by atoms with Crippen molar-refractivity contribution in [2.24, 2.45) is 17.8 Å². The van der Waals surface area contributed by atoms with Gasteiger partial charge >= 0.3 is 11.9 Å². The summed E-state index contributed by atoms with van der Waals surface area (Å²) < 4.78 is 0. The Morgan fingerprint density at radius 1 is 1.32 bits per heavy atom. The number of carbonyl (C=O) groups is 3. The van der Waals surface area contributed by atoms with Crippen LogP contribution in [-0.4, -0.2) is 51.4 Å². The summed E-state index contributed by atoms with van der Waals surface area (Å²) >= 11 is 5.16. The first-order chi connectivity index (χ1) is 8.85. The number of carboxylic acids is 2. The highest BCUT2D eigenvalue weighted by Gasteiger charge is 2.75. The second-order valence-electron chi connectivity index (χ2n) is 4.87. The number of halogens is 1.